The SMILES string of the molecule is CC(C)CCC[C@H]1CC[C@H](c2ccc(F)cc2)CC1. The van der Waals surface area contributed by atoms with Gasteiger partial charge in [0.05, 0.1) is 0 Å². The lowest BCUT2D eigenvalue weighted by atomic mass is 9.77. The molecule has 1 aromatic rings. The molecule has 0 spiro atoms. The average molecular weight is 262 g/mol. The molecule has 0 atom stereocenters. The standard InChI is InChI=1S/C18H27F/c1-14(2)4-3-5-15-6-8-16(9-7-15)17-10-12-18(19)13-11-17/h10-16H,3-9H2,1-2H3/t15-,16-. The van der Waals surface area contributed by atoms with Gasteiger partial charge in [-0.2, -0.15) is 0 Å². The van der Waals surface area contributed by atoms with E-state index < -0.39 is 0 Å². The highest BCUT2D eigenvalue weighted by molar-refractivity contribution is 5.20. The first-order valence-electron chi connectivity index (χ1n) is 7.90. The van der Waals surface area contributed by atoms with Crippen molar-refractivity contribution >= 4 is 0 Å². The Morgan fingerprint density at radius 2 is 1.68 bits per heavy atom. The Labute approximate surface area is 117 Å². The molecule has 1 aliphatic rings. The molecule has 106 valence electrons. The van der Waals surface area contributed by atoms with Crippen LogP contribution in [0.1, 0.15) is 70.3 Å². The van der Waals surface area contributed by atoms with Gasteiger partial charge in [0.25, 0.3) is 0 Å². The van der Waals surface area contributed by atoms with Gasteiger partial charge in [-0.15, -0.1) is 0 Å². The fraction of sp³-hybridized carbons (Fsp3) is 0.667. The first-order valence-corrected chi connectivity index (χ1v) is 7.90. The second kappa shape index (κ2) is 7.07. The van der Waals surface area contributed by atoms with E-state index in [1.165, 1.54) is 50.5 Å². The molecule has 1 aliphatic carbocycles. The van der Waals surface area contributed by atoms with Crippen LogP contribution < -0.4 is 0 Å². The van der Waals surface area contributed by atoms with Gasteiger partial charge < -0.3 is 0 Å². The van der Waals surface area contributed by atoms with Crippen molar-refractivity contribution in [1.82, 2.24) is 0 Å². The van der Waals surface area contributed by atoms with Gasteiger partial charge in [0.15, 0.2) is 0 Å². The van der Waals surface area contributed by atoms with Crippen molar-refractivity contribution in [1.29, 1.82) is 0 Å². The van der Waals surface area contributed by atoms with E-state index in [2.05, 4.69) is 13.8 Å². The van der Waals surface area contributed by atoms with Gasteiger partial charge in [-0.05, 0) is 61.1 Å². The molecule has 0 N–H and O–H groups in total. The molecule has 1 aromatic carbocycles. The number of rotatable bonds is 5. The minimum Gasteiger partial charge on any atom is -0.207 e. The van der Waals surface area contributed by atoms with Gasteiger partial charge in [-0.1, -0.05) is 45.2 Å². The molecule has 0 aromatic heterocycles. The Bertz CT molecular complexity index is 358. The number of hydrogen-bond acceptors (Lipinski definition) is 0. The van der Waals surface area contributed by atoms with Gasteiger partial charge >= 0.3 is 0 Å². The Kier molecular flexibility index (Phi) is 5.42. The van der Waals surface area contributed by atoms with E-state index in [4.69, 9.17) is 0 Å². The Hall–Kier alpha value is -0.850. The van der Waals surface area contributed by atoms with Crippen molar-refractivity contribution in [2.75, 3.05) is 0 Å². The minimum absolute atomic E-state index is 0.119. The van der Waals surface area contributed by atoms with Crippen LogP contribution in [0, 0.1) is 17.7 Å². The third kappa shape index (κ3) is 4.63. The zero-order chi connectivity index (χ0) is 13.7. The molecule has 19 heavy (non-hydrogen) atoms. The molecule has 2 rings (SSSR count). The second-order valence-corrected chi connectivity index (χ2v) is 6.59. The topological polar surface area (TPSA) is 0 Å². The van der Waals surface area contributed by atoms with E-state index in [9.17, 15) is 4.39 Å². The summed E-state index contributed by atoms with van der Waals surface area (Å²) in [5, 5.41) is 0. The largest absolute Gasteiger partial charge is 0.207 e. The molecule has 0 unspecified atom stereocenters. The van der Waals surface area contributed by atoms with Crippen LogP contribution >= 0.6 is 0 Å². The summed E-state index contributed by atoms with van der Waals surface area (Å²) in [7, 11) is 0. The second-order valence-electron chi connectivity index (χ2n) is 6.59. The fourth-order valence-corrected chi connectivity index (χ4v) is 3.33. The molecule has 0 nitrogen and oxygen atoms in total. The molecule has 0 amide bonds. The van der Waals surface area contributed by atoms with Crippen LogP contribution in [0.4, 0.5) is 4.39 Å². The van der Waals surface area contributed by atoms with Crippen molar-refractivity contribution in [3.05, 3.63) is 35.6 Å². The lowest BCUT2D eigenvalue weighted by Gasteiger charge is -2.29. The third-order valence-electron chi connectivity index (χ3n) is 4.58. The summed E-state index contributed by atoms with van der Waals surface area (Å²) in [6.45, 7) is 4.62. The third-order valence-corrected chi connectivity index (χ3v) is 4.58. The van der Waals surface area contributed by atoms with E-state index in [1.807, 2.05) is 12.1 Å². The highest BCUT2D eigenvalue weighted by Gasteiger charge is 2.22. The first-order chi connectivity index (χ1) is 9.15. The van der Waals surface area contributed by atoms with Crippen molar-refractivity contribution < 1.29 is 4.39 Å². The van der Waals surface area contributed by atoms with Crippen LogP contribution in [-0.4, -0.2) is 0 Å². The van der Waals surface area contributed by atoms with Crippen LogP contribution in [-0.2, 0) is 0 Å². The normalized spacial score (nSPS) is 23.8. The predicted octanol–water partition coefficient (Wildman–Crippen LogP) is 5.93. The van der Waals surface area contributed by atoms with Crippen molar-refractivity contribution in [3.63, 3.8) is 0 Å². The zero-order valence-corrected chi connectivity index (χ0v) is 12.4. The summed E-state index contributed by atoms with van der Waals surface area (Å²) >= 11 is 0. The maximum absolute atomic E-state index is 12.9. The number of halogens is 1. The van der Waals surface area contributed by atoms with Crippen molar-refractivity contribution in [2.24, 2.45) is 11.8 Å². The van der Waals surface area contributed by atoms with E-state index in [0.29, 0.717) is 5.92 Å². The zero-order valence-electron chi connectivity index (χ0n) is 12.4. The molecular formula is C18H27F. The lowest BCUT2D eigenvalue weighted by Crippen LogP contribution is -2.13. The summed E-state index contributed by atoms with van der Waals surface area (Å²) in [6, 6.07) is 7.15. The molecule has 0 radical (unpaired) electrons. The Morgan fingerprint density at radius 1 is 1.05 bits per heavy atom. The molecule has 1 saturated carbocycles. The first kappa shape index (κ1) is 14.6. The van der Waals surface area contributed by atoms with E-state index in [-0.39, 0.29) is 5.82 Å². The molecule has 1 heteroatoms. The van der Waals surface area contributed by atoms with Gasteiger partial charge in [0.1, 0.15) is 5.82 Å². The maximum atomic E-state index is 12.9. The number of hydrogen-bond donors (Lipinski definition) is 0. The van der Waals surface area contributed by atoms with Gasteiger partial charge in [0.2, 0.25) is 0 Å². The van der Waals surface area contributed by atoms with E-state index in [0.717, 1.165) is 11.8 Å². The molecule has 0 bridgehead atoms. The van der Waals surface area contributed by atoms with Crippen LogP contribution in [0.5, 0.6) is 0 Å². The summed E-state index contributed by atoms with van der Waals surface area (Å²) < 4.78 is 12.9. The summed E-state index contributed by atoms with van der Waals surface area (Å²) in [5.41, 5.74) is 1.34. The minimum atomic E-state index is -0.119. The van der Waals surface area contributed by atoms with Gasteiger partial charge in [0, 0.05) is 0 Å². The Morgan fingerprint density at radius 3 is 2.26 bits per heavy atom. The quantitative estimate of drug-likeness (QED) is 0.617. The van der Waals surface area contributed by atoms with Gasteiger partial charge in [-0.3, -0.25) is 0 Å². The molecule has 0 saturated heterocycles. The lowest BCUT2D eigenvalue weighted by molar-refractivity contribution is 0.298. The van der Waals surface area contributed by atoms with Crippen LogP contribution in [0.15, 0.2) is 24.3 Å². The van der Waals surface area contributed by atoms with Crippen LogP contribution in [0.3, 0.4) is 0 Å². The average Bonchev–Trinajstić information content (AvgIpc) is 2.40. The highest BCUT2D eigenvalue weighted by Crippen LogP contribution is 2.37. The highest BCUT2D eigenvalue weighted by atomic mass is 19.1. The van der Waals surface area contributed by atoms with Gasteiger partial charge in [-0.25, -0.2) is 4.39 Å². The Balaban J connectivity index is 1.74. The fourth-order valence-electron chi connectivity index (χ4n) is 3.33. The van der Waals surface area contributed by atoms with E-state index in [1.54, 1.807) is 12.1 Å². The predicted molar refractivity (Wildman–Crippen MR) is 79.8 cm³/mol. The van der Waals surface area contributed by atoms with Crippen molar-refractivity contribution in [3.8, 4) is 0 Å². The number of benzene rings is 1. The van der Waals surface area contributed by atoms with Crippen LogP contribution in [0.25, 0.3) is 0 Å². The smallest absolute Gasteiger partial charge is 0.123 e. The molecular weight excluding hydrogens is 235 g/mol. The summed E-state index contributed by atoms with van der Waals surface area (Å²) in [6.07, 6.45) is 9.48. The summed E-state index contributed by atoms with van der Waals surface area (Å²) in [4.78, 5) is 0. The van der Waals surface area contributed by atoms with Crippen LogP contribution in [0.2, 0.25) is 0 Å². The van der Waals surface area contributed by atoms with Crippen molar-refractivity contribution in [2.45, 2.75) is 64.7 Å². The summed E-state index contributed by atoms with van der Waals surface area (Å²) in [5.74, 6) is 2.33. The monoisotopic (exact) mass is 262 g/mol. The van der Waals surface area contributed by atoms with E-state index >= 15 is 0 Å². The molecule has 1 fully saturated rings. The maximum Gasteiger partial charge on any atom is 0.123 e. The molecule has 0 aliphatic heterocycles. The molecule has 0 heterocycles.